The Hall–Kier alpha value is -2.26. The Morgan fingerprint density at radius 1 is 1.57 bits per heavy atom. The molecule has 0 radical (unpaired) electrons. The topological polar surface area (TPSA) is 111 Å². The predicted molar refractivity (Wildman–Crippen MR) is 74.7 cm³/mol. The number of nitrogens with one attached hydrogen (secondary N) is 1. The quantitative estimate of drug-likeness (QED) is 0.393. The fourth-order valence-electron chi connectivity index (χ4n) is 1.91. The molecule has 2 N–H and O–H groups in total. The Morgan fingerprint density at radius 3 is 3.00 bits per heavy atom. The molecule has 0 fully saturated rings. The first-order valence-electron chi connectivity index (χ1n) is 6.59. The summed E-state index contributed by atoms with van der Waals surface area (Å²) in [6.45, 7) is 1.30. The molecule has 21 heavy (non-hydrogen) atoms. The molecule has 0 bridgehead atoms. The summed E-state index contributed by atoms with van der Waals surface area (Å²) in [4.78, 5) is 10.0. The molecule has 0 spiro atoms. The van der Waals surface area contributed by atoms with Crippen LogP contribution in [0.4, 0.5) is 5.69 Å². The van der Waals surface area contributed by atoms with Crippen LogP contribution in [0.25, 0.3) is 0 Å². The average molecular weight is 294 g/mol. The van der Waals surface area contributed by atoms with E-state index in [1.807, 2.05) is 19.3 Å². The van der Waals surface area contributed by atoms with Crippen molar-refractivity contribution >= 4 is 5.69 Å². The summed E-state index contributed by atoms with van der Waals surface area (Å²) in [5.41, 5.74) is 0.910. The second-order valence-electron chi connectivity index (χ2n) is 4.77. The highest BCUT2D eigenvalue weighted by atomic mass is 16.6. The van der Waals surface area contributed by atoms with Crippen LogP contribution >= 0.6 is 0 Å². The molecule has 0 aliphatic carbocycles. The van der Waals surface area contributed by atoms with Gasteiger partial charge in [-0.25, -0.2) is 0 Å². The van der Waals surface area contributed by atoms with E-state index < -0.39 is 11.0 Å². The number of nitrogens with zero attached hydrogens (tertiary/aromatic N) is 5. The van der Waals surface area contributed by atoms with Crippen molar-refractivity contribution in [2.24, 2.45) is 7.05 Å². The lowest BCUT2D eigenvalue weighted by Crippen LogP contribution is -2.31. The fraction of sp³-hybridized carbons (Fsp3) is 0.500. The van der Waals surface area contributed by atoms with E-state index in [2.05, 4.69) is 15.5 Å². The van der Waals surface area contributed by atoms with Crippen LogP contribution in [-0.4, -0.2) is 48.8 Å². The first-order valence-corrected chi connectivity index (χ1v) is 6.59. The van der Waals surface area contributed by atoms with Crippen LogP contribution in [-0.2, 0) is 20.0 Å². The summed E-state index contributed by atoms with van der Waals surface area (Å²) < 4.78 is 3.11. The predicted octanol–water partition coefficient (Wildman–Crippen LogP) is -0.282. The third kappa shape index (κ3) is 4.65. The summed E-state index contributed by atoms with van der Waals surface area (Å²) in [6.07, 6.45) is 4.47. The largest absolute Gasteiger partial charge is 0.390 e. The number of aliphatic hydroxyl groups is 1. The summed E-state index contributed by atoms with van der Waals surface area (Å²) in [5.74, 6) is 0. The van der Waals surface area contributed by atoms with Crippen molar-refractivity contribution in [2.45, 2.75) is 19.1 Å². The molecule has 1 atom stereocenters. The van der Waals surface area contributed by atoms with Gasteiger partial charge in [-0.05, 0) is 6.07 Å². The van der Waals surface area contributed by atoms with Gasteiger partial charge in [-0.2, -0.15) is 10.2 Å². The van der Waals surface area contributed by atoms with Gasteiger partial charge >= 0.3 is 5.69 Å². The van der Waals surface area contributed by atoms with E-state index in [-0.39, 0.29) is 12.2 Å². The highest BCUT2D eigenvalue weighted by Crippen LogP contribution is 2.07. The van der Waals surface area contributed by atoms with E-state index in [0.29, 0.717) is 13.1 Å². The van der Waals surface area contributed by atoms with E-state index in [0.717, 1.165) is 12.1 Å². The summed E-state index contributed by atoms with van der Waals surface area (Å²) in [7, 11) is 1.87. The van der Waals surface area contributed by atoms with Crippen molar-refractivity contribution in [1.82, 2.24) is 24.9 Å². The highest BCUT2D eigenvalue weighted by Gasteiger charge is 2.11. The van der Waals surface area contributed by atoms with Crippen LogP contribution < -0.4 is 5.32 Å². The molecule has 1 unspecified atom stereocenters. The second kappa shape index (κ2) is 6.95. The maximum Gasteiger partial charge on any atom is 0.306 e. The van der Waals surface area contributed by atoms with E-state index in [4.69, 9.17) is 0 Å². The number of aliphatic hydroxyl groups excluding tert-OH is 1. The van der Waals surface area contributed by atoms with Crippen molar-refractivity contribution < 1.29 is 10.0 Å². The molecule has 0 amide bonds. The van der Waals surface area contributed by atoms with E-state index >= 15 is 0 Å². The molecule has 114 valence electrons. The van der Waals surface area contributed by atoms with Crippen molar-refractivity contribution in [3.8, 4) is 0 Å². The minimum atomic E-state index is -0.659. The van der Waals surface area contributed by atoms with E-state index in [1.54, 1.807) is 4.68 Å². The van der Waals surface area contributed by atoms with Crippen LogP contribution in [0.5, 0.6) is 0 Å². The van der Waals surface area contributed by atoms with Crippen LogP contribution in [0.1, 0.15) is 5.69 Å². The zero-order chi connectivity index (χ0) is 15.2. The Bertz CT molecular complexity index is 593. The van der Waals surface area contributed by atoms with Gasteiger partial charge in [-0.1, -0.05) is 0 Å². The second-order valence-corrected chi connectivity index (χ2v) is 4.77. The van der Waals surface area contributed by atoms with Gasteiger partial charge in [0.15, 0.2) is 0 Å². The lowest BCUT2D eigenvalue weighted by Gasteiger charge is -2.11. The Labute approximate surface area is 121 Å². The zero-order valence-corrected chi connectivity index (χ0v) is 11.7. The lowest BCUT2D eigenvalue weighted by atomic mass is 10.3. The number of nitro groups is 1. The van der Waals surface area contributed by atoms with Crippen LogP contribution in [0.3, 0.4) is 0 Å². The number of hydrogen-bond donors (Lipinski definition) is 2. The maximum absolute atomic E-state index is 10.5. The molecule has 0 aliphatic heterocycles. The van der Waals surface area contributed by atoms with E-state index in [9.17, 15) is 15.2 Å². The standard InChI is InChI=1S/C12H18N6O3/c1-16-5-3-10(15-16)2-4-13-7-12(19)9-17-8-11(6-14-17)18(20)21/h3,5-6,8,12-13,19H,2,4,7,9H2,1H3. The molecule has 2 aromatic rings. The molecule has 9 heteroatoms. The Morgan fingerprint density at radius 2 is 2.38 bits per heavy atom. The van der Waals surface area contributed by atoms with Crippen molar-refractivity contribution in [2.75, 3.05) is 13.1 Å². The highest BCUT2D eigenvalue weighted by molar-refractivity contribution is 5.20. The normalized spacial score (nSPS) is 12.5. The molecule has 9 nitrogen and oxygen atoms in total. The number of aryl methyl sites for hydroxylation is 1. The third-order valence-electron chi connectivity index (χ3n) is 2.93. The summed E-state index contributed by atoms with van der Waals surface area (Å²) in [6, 6.07) is 1.95. The molecule has 2 rings (SSSR count). The fourth-order valence-corrected chi connectivity index (χ4v) is 1.91. The number of hydrogen-bond acceptors (Lipinski definition) is 6. The summed E-state index contributed by atoms with van der Waals surface area (Å²) in [5, 5.41) is 31.6. The van der Waals surface area contributed by atoms with Gasteiger partial charge in [-0.15, -0.1) is 0 Å². The lowest BCUT2D eigenvalue weighted by molar-refractivity contribution is -0.385. The molecule has 0 saturated carbocycles. The van der Waals surface area contributed by atoms with Crippen LogP contribution in [0.2, 0.25) is 0 Å². The molecule has 2 heterocycles. The average Bonchev–Trinajstić information content (AvgIpc) is 3.04. The van der Waals surface area contributed by atoms with Gasteiger partial charge in [0, 0.05) is 32.8 Å². The molecule has 2 aromatic heterocycles. The molecular formula is C12H18N6O3. The van der Waals surface area contributed by atoms with Gasteiger partial charge < -0.3 is 10.4 Å². The molecule has 0 aliphatic rings. The molecule has 0 aromatic carbocycles. The number of aromatic nitrogens is 4. The van der Waals surface area contributed by atoms with Gasteiger partial charge in [0.05, 0.1) is 23.3 Å². The van der Waals surface area contributed by atoms with Crippen molar-refractivity contribution in [1.29, 1.82) is 0 Å². The third-order valence-corrected chi connectivity index (χ3v) is 2.93. The zero-order valence-electron chi connectivity index (χ0n) is 11.7. The van der Waals surface area contributed by atoms with Crippen LogP contribution in [0.15, 0.2) is 24.7 Å². The molecular weight excluding hydrogens is 276 g/mol. The SMILES string of the molecule is Cn1ccc(CCNCC(O)Cn2cc([N+](=O)[O-])cn2)n1. The Kier molecular flexibility index (Phi) is 5.01. The number of rotatable bonds is 8. The van der Waals surface area contributed by atoms with Gasteiger partial charge in [0.2, 0.25) is 0 Å². The first-order chi connectivity index (χ1) is 10.0. The first kappa shape index (κ1) is 15.1. The van der Waals surface area contributed by atoms with Crippen molar-refractivity contribution in [3.05, 3.63) is 40.5 Å². The van der Waals surface area contributed by atoms with Gasteiger partial charge in [-0.3, -0.25) is 19.5 Å². The van der Waals surface area contributed by atoms with Gasteiger partial charge in [0.25, 0.3) is 0 Å². The Balaban J connectivity index is 1.67. The molecule has 0 saturated heterocycles. The maximum atomic E-state index is 10.5. The van der Waals surface area contributed by atoms with Crippen LogP contribution in [0, 0.1) is 10.1 Å². The van der Waals surface area contributed by atoms with E-state index in [1.165, 1.54) is 17.1 Å². The smallest absolute Gasteiger partial charge is 0.306 e. The minimum Gasteiger partial charge on any atom is -0.390 e. The summed E-state index contributed by atoms with van der Waals surface area (Å²) >= 11 is 0. The monoisotopic (exact) mass is 294 g/mol. The minimum absolute atomic E-state index is 0.0784. The van der Waals surface area contributed by atoms with Crippen molar-refractivity contribution in [3.63, 3.8) is 0 Å². The van der Waals surface area contributed by atoms with Gasteiger partial charge in [0.1, 0.15) is 12.4 Å².